The number of anilines is 4. The molecule has 65 heavy (non-hydrogen) atoms. The Morgan fingerprint density at radius 1 is 0.462 bits per heavy atom. The first-order chi connectivity index (χ1) is 31.2. The molecule has 6 aromatic rings. The van der Waals surface area contributed by atoms with Crippen molar-refractivity contribution in [2.75, 3.05) is 30.5 Å². The molecule has 14 nitrogen and oxygen atoms in total. The summed E-state index contributed by atoms with van der Waals surface area (Å²) in [6, 6.07) is 25.3. The number of phenols is 2. The van der Waals surface area contributed by atoms with Crippen LogP contribution in [-0.2, 0) is 9.59 Å². The standard InChI is InChI=1S/C47H32Br4N4O10/c48-26-17-28(50)36(19-32(26)54-30-9-11-34(56)42-40(30)44(60)22-5-1-3-7-24(22)46(42)62)64-15-13-38(58)52-21-53-39(59)14-16-65-37-20-33(27(49)18-29(37)51)55-31-10-12-35(57)43-41(31)45(61)23-6-2-4-8-25(23)47(43)63/h1-12,17-20,54-57H,13-16,21H2,(H,52,58)(H,53,59). The number of hydrogen-bond acceptors (Lipinski definition) is 12. The van der Waals surface area contributed by atoms with E-state index in [1.165, 1.54) is 24.3 Å². The molecule has 6 N–H and O–H groups in total. The molecule has 0 radical (unpaired) electrons. The molecule has 18 heteroatoms. The number of phenolic OH excluding ortho intramolecular Hbond substituents is 2. The van der Waals surface area contributed by atoms with Gasteiger partial charge in [-0.25, -0.2) is 0 Å². The summed E-state index contributed by atoms with van der Waals surface area (Å²) in [6.07, 6.45) is -0.102. The van der Waals surface area contributed by atoms with Gasteiger partial charge in [0.15, 0.2) is 23.1 Å². The van der Waals surface area contributed by atoms with Gasteiger partial charge in [0.2, 0.25) is 11.8 Å². The minimum absolute atomic E-state index is 0.0256. The van der Waals surface area contributed by atoms with E-state index in [1.807, 2.05) is 0 Å². The van der Waals surface area contributed by atoms with Crippen LogP contribution in [0.5, 0.6) is 23.0 Å². The van der Waals surface area contributed by atoms with E-state index < -0.39 is 34.9 Å². The van der Waals surface area contributed by atoms with Crippen LogP contribution < -0.4 is 30.7 Å². The van der Waals surface area contributed by atoms with Crippen LogP contribution >= 0.6 is 63.7 Å². The number of ketones is 4. The van der Waals surface area contributed by atoms with Crippen LogP contribution in [0.25, 0.3) is 0 Å². The highest BCUT2D eigenvalue weighted by Crippen LogP contribution is 2.43. The number of benzene rings is 6. The number of ether oxygens (including phenoxy) is 2. The van der Waals surface area contributed by atoms with Gasteiger partial charge >= 0.3 is 0 Å². The molecule has 0 unspecified atom stereocenters. The van der Waals surface area contributed by atoms with Crippen LogP contribution in [0.3, 0.4) is 0 Å². The molecule has 0 heterocycles. The summed E-state index contributed by atoms with van der Waals surface area (Å²) >= 11 is 14.0. The number of nitrogens with one attached hydrogen (secondary N) is 4. The van der Waals surface area contributed by atoms with Crippen LogP contribution in [0.1, 0.15) is 76.5 Å². The second kappa shape index (κ2) is 19.0. The maximum Gasteiger partial charge on any atom is 0.224 e. The SMILES string of the molecule is O=C(CCOc1cc(Nc2ccc(O)c3c2C(=O)c2ccccc2C3=O)c(Br)cc1Br)NCNC(=O)CCOc1cc(Nc2ccc(O)c3c2C(=O)c2ccccc2C3=O)c(Br)cc1Br. The molecule has 0 aliphatic heterocycles. The fourth-order valence-corrected chi connectivity index (χ4v) is 9.72. The first-order valence-corrected chi connectivity index (χ1v) is 22.8. The Labute approximate surface area is 403 Å². The second-order valence-corrected chi connectivity index (χ2v) is 17.9. The minimum Gasteiger partial charge on any atom is -0.507 e. The number of hydrogen-bond donors (Lipinski definition) is 6. The van der Waals surface area contributed by atoms with E-state index in [2.05, 4.69) is 85.0 Å². The Morgan fingerprint density at radius 3 is 1.18 bits per heavy atom. The molecule has 0 fully saturated rings. The van der Waals surface area contributed by atoms with Crippen molar-refractivity contribution in [2.45, 2.75) is 12.8 Å². The molecule has 0 bridgehead atoms. The van der Waals surface area contributed by atoms with Crippen LogP contribution in [0.4, 0.5) is 22.7 Å². The summed E-state index contributed by atoms with van der Waals surface area (Å²) in [5.41, 5.74) is 2.36. The quantitative estimate of drug-likeness (QED) is 0.0444. The number of carbonyl (C=O) groups excluding carboxylic acids is 6. The number of amides is 2. The zero-order chi connectivity index (χ0) is 46.1. The highest BCUT2D eigenvalue weighted by molar-refractivity contribution is 9.11. The highest BCUT2D eigenvalue weighted by atomic mass is 79.9. The van der Waals surface area contributed by atoms with Gasteiger partial charge in [0.1, 0.15) is 23.0 Å². The zero-order valence-electron chi connectivity index (χ0n) is 33.4. The number of rotatable bonds is 14. The van der Waals surface area contributed by atoms with Gasteiger partial charge in [-0.1, -0.05) is 48.5 Å². The van der Waals surface area contributed by atoms with E-state index in [0.717, 1.165) is 0 Å². The molecule has 2 aliphatic rings. The van der Waals surface area contributed by atoms with Crippen LogP contribution in [0, 0.1) is 0 Å². The summed E-state index contributed by atoms with van der Waals surface area (Å²) in [5.74, 6) is -2.40. The maximum atomic E-state index is 13.6. The van der Waals surface area contributed by atoms with Crippen molar-refractivity contribution in [3.8, 4) is 23.0 Å². The first kappa shape index (κ1) is 45.2. The molecule has 328 valence electrons. The topological polar surface area (TPSA) is 209 Å². The molecule has 0 atom stereocenters. The van der Waals surface area contributed by atoms with Gasteiger partial charge in [-0.2, -0.15) is 0 Å². The van der Waals surface area contributed by atoms with Crippen molar-refractivity contribution in [1.29, 1.82) is 0 Å². The third kappa shape index (κ3) is 9.16. The normalized spacial score (nSPS) is 12.4. The lowest BCUT2D eigenvalue weighted by Gasteiger charge is -2.22. The fraction of sp³-hybridized carbons (Fsp3) is 0.106. The Kier molecular flexibility index (Phi) is 13.2. The van der Waals surface area contributed by atoms with Gasteiger partial charge in [-0.05, 0) is 100 Å². The van der Waals surface area contributed by atoms with E-state index in [4.69, 9.17) is 9.47 Å². The third-order valence-corrected chi connectivity index (χ3v) is 13.0. The zero-order valence-corrected chi connectivity index (χ0v) is 39.8. The predicted molar refractivity (Wildman–Crippen MR) is 254 cm³/mol. The second-order valence-electron chi connectivity index (χ2n) is 14.5. The summed E-state index contributed by atoms with van der Waals surface area (Å²) < 4.78 is 14.1. The van der Waals surface area contributed by atoms with Crippen molar-refractivity contribution in [2.24, 2.45) is 0 Å². The Hall–Kier alpha value is -6.34. The number of fused-ring (bicyclic) bond motifs is 4. The van der Waals surface area contributed by atoms with E-state index in [9.17, 15) is 39.0 Å². The van der Waals surface area contributed by atoms with E-state index >= 15 is 0 Å². The Bertz CT molecular complexity index is 2830. The molecule has 0 saturated heterocycles. The predicted octanol–water partition coefficient (Wildman–Crippen LogP) is 9.61. The molecule has 0 saturated carbocycles. The van der Waals surface area contributed by atoms with E-state index in [1.54, 1.807) is 72.8 Å². The van der Waals surface area contributed by atoms with Crippen molar-refractivity contribution in [3.63, 3.8) is 0 Å². The summed E-state index contributed by atoms with van der Waals surface area (Å²) in [6.45, 7) is -0.195. The smallest absolute Gasteiger partial charge is 0.224 e. The molecule has 2 aliphatic carbocycles. The Morgan fingerprint density at radius 2 is 0.815 bits per heavy atom. The number of aromatic hydroxyl groups is 2. The van der Waals surface area contributed by atoms with Gasteiger partial charge in [0.05, 0.1) is 86.7 Å². The van der Waals surface area contributed by atoms with Crippen LogP contribution in [0.2, 0.25) is 0 Å². The molecule has 2 amide bonds. The van der Waals surface area contributed by atoms with Gasteiger partial charge in [0.25, 0.3) is 0 Å². The largest absolute Gasteiger partial charge is 0.507 e. The average Bonchev–Trinajstić information content (AvgIpc) is 3.28. The van der Waals surface area contributed by atoms with Crippen molar-refractivity contribution < 1.29 is 48.5 Å². The first-order valence-electron chi connectivity index (χ1n) is 19.6. The van der Waals surface area contributed by atoms with E-state index in [-0.39, 0.29) is 88.7 Å². The molecular weight excluding hydrogens is 1100 g/mol. The molecule has 0 aromatic heterocycles. The average molecular weight is 1130 g/mol. The Balaban J connectivity index is 0.816. The monoisotopic (exact) mass is 1130 g/mol. The highest BCUT2D eigenvalue weighted by Gasteiger charge is 2.35. The molecular formula is C47H32Br4N4O10. The minimum atomic E-state index is -0.461. The van der Waals surface area contributed by atoms with Crippen LogP contribution in [0.15, 0.2) is 115 Å². The van der Waals surface area contributed by atoms with Crippen molar-refractivity contribution in [3.05, 3.63) is 159 Å². The van der Waals surface area contributed by atoms with E-state index in [0.29, 0.717) is 52.1 Å². The van der Waals surface area contributed by atoms with Gasteiger partial charge < -0.3 is 41.0 Å². The van der Waals surface area contributed by atoms with Gasteiger partial charge in [-0.3, -0.25) is 28.8 Å². The summed E-state index contributed by atoms with van der Waals surface area (Å²) in [5, 5.41) is 32.8. The molecule has 0 spiro atoms. The van der Waals surface area contributed by atoms with Crippen molar-refractivity contribution >= 4 is 121 Å². The van der Waals surface area contributed by atoms with Gasteiger partial charge in [0, 0.05) is 43.3 Å². The summed E-state index contributed by atoms with van der Waals surface area (Å²) in [7, 11) is 0. The number of halogens is 4. The third-order valence-electron chi connectivity index (χ3n) is 10.4. The van der Waals surface area contributed by atoms with Crippen LogP contribution in [-0.4, -0.2) is 65.0 Å². The fourth-order valence-electron chi connectivity index (χ4n) is 7.31. The lowest BCUT2D eigenvalue weighted by Crippen LogP contribution is -2.38. The van der Waals surface area contributed by atoms with Gasteiger partial charge in [-0.15, -0.1) is 0 Å². The molecule has 6 aromatic carbocycles. The van der Waals surface area contributed by atoms with Crippen molar-refractivity contribution in [1.82, 2.24) is 10.6 Å². The lowest BCUT2D eigenvalue weighted by atomic mass is 9.82. The summed E-state index contributed by atoms with van der Waals surface area (Å²) in [4.78, 5) is 79.0. The molecule has 8 rings (SSSR count). The maximum absolute atomic E-state index is 13.6. The lowest BCUT2D eigenvalue weighted by molar-refractivity contribution is -0.123. The number of carbonyl (C=O) groups is 6.